The van der Waals surface area contributed by atoms with Crippen molar-refractivity contribution in [1.29, 1.82) is 0 Å². The number of aromatic hydroxyl groups is 1. The lowest BCUT2D eigenvalue weighted by molar-refractivity contribution is 0.0482. The molecule has 7 nitrogen and oxygen atoms in total. The molecule has 3 atom stereocenters. The smallest absolute Gasteiger partial charge is 0.275 e. The third-order valence-corrected chi connectivity index (χ3v) is 6.50. The molecule has 3 heterocycles. The van der Waals surface area contributed by atoms with Gasteiger partial charge in [0.1, 0.15) is 5.56 Å². The number of piperidine rings is 1. The molecule has 2 aliphatic heterocycles. The quantitative estimate of drug-likeness (QED) is 0.799. The number of fused-ring (bicyclic) bond motifs is 6. The fraction of sp³-hybridized carbons (Fsp3) is 0.381. The van der Waals surface area contributed by atoms with Crippen LogP contribution in [0, 0.1) is 17.6 Å². The SMILES string of the molecule is O=C(NCc1ccc(F)c(F)c1)c1cn2c(c(O)c1=O)C(=O)N1[C@@H]3CC[C@@H](C3)[C@@H]1C2. The predicted molar refractivity (Wildman–Crippen MR) is 101 cm³/mol. The molecular weight excluding hydrogens is 396 g/mol. The second-order valence-corrected chi connectivity index (χ2v) is 8.16. The van der Waals surface area contributed by atoms with Crippen LogP contribution in [-0.4, -0.2) is 38.5 Å². The molecule has 0 radical (unpaired) electrons. The second-order valence-electron chi connectivity index (χ2n) is 8.16. The highest BCUT2D eigenvalue weighted by atomic mass is 19.2. The minimum atomic E-state index is -1.04. The molecule has 2 amide bonds. The average molecular weight is 415 g/mol. The highest BCUT2D eigenvalue weighted by molar-refractivity contribution is 5.99. The van der Waals surface area contributed by atoms with E-state index in [9.17, 15) is 28.3 Å². The lowest BCUT2D eigenvalue weighted by atomic mass is 9.95. The molecule has 1 aliphatic carbocycles. The fourth-order valence-electron chi connectivity index (χ4n) is 5.08. The van der Waals surface area contributed by atoms with E-state index in [1.807, 2.05) is 0 Å². The van der Waals surface area contributed by atoms with Crippen LogP contribution in [0.2, 0.25) is 0 Å². The first kappa shape index (κ1) is 18.8. The summed E-state index contributed by atoms with van der Waals surface area (Å²) in [5.41, 5.74) is -0.998. The number of benzene rings is 1. The number of hydrogen-bond donors (Lipinski definition) is 2. The molecule has 0 spiro atoms. The fourth-order valence-corrected chi connectivity index (χ4v) is 5.08. The topological polar surface area (TPSA) is 91.6 Å². The first-order valence-electron chi connectivity index (χ1n) is 9.86. The van der Waals surface area contributed by atoms with E-state index >= 15 is 0 Å². The average Bonchev–Trinajstić information content (AvgIpc) is 3.33. The Balaban J connectivity index is 1.43. The van der Waals surface area contributed by atoms with Gasteiger partial charge in [-0.25, -0.2) is 8.78 Å². The van der Waals surface area contributed by atoms with Crippen molar-refractivity contribution in [3.05, 3.63) is 63.1 Å². The number of rotatable bonds is 3. The summed E-state index contributed by atoms with van der Waals surface area (Å²) in [5, 5.41) is 12.9. The molecule has 2 aromatic rings. The van der Waals surface area contributed by atoms with E-state index in [-0.39, 0.29) is 35.8 Å². The Labute approximate surface area is 169 Å². The van der Waals surface area contributed by atoms with Gasteiger partial charge >= 0.3 is 0 Å². The Kier molecular flexibility index (Phi) is 4.16. The maximum Gasteiger partial charge on any atom is 0.275 e. The largest absolute Gasteiger partial charge is 0.503 e. The number of hydrogen-bond acceptors (Lipinski definition) is 4. The van der Waals surface area contributed by atoms with E-state index in [1.165, 1.54) is 16.8 Å². The van der Waals surface area contributed by atoms with Crippen molar-refractivity contribution in [2.75, 3.05) is 0 Å². The predicted octanol–water partition coefficient (Wildman–Crippen LogP) is 1.77. The Bertz CT molecular complexity index is 1150. The van der Waals surface area contributed by atoms with Gasteiger partial charge in [-0.15, -0.1) is 0 Å². The maximum absolute atomic E-state index is 13.3. The zero-order valence-corrected chi connectivity index (χ0v) is 15.9. The minimum absolute atomic E-state index is 0.00348. The van der Waals surface area contributed by atoms with Crippen molar-refractivity contribution < 1.29 is 23.5 Å². The van der Waals surface area contributed by atoms with Crippen molar-refractivity contribution in [3.63, 3.8) is 0 Å². The number of halogens is 2. The van der Waals surface area contributed by atoms with Gasteiger partial charge in [0.25, 0.3) is 11.8 Å². The molecule has 2 N–H and O–H groups in total. The Morgan fingerprint density at radius 2 is 2.00 bits per heavy atom. The van der Waals surface area contributed by atoms with E-state index in [1.54, 1.807) is 4.90 Å². The lowest BCUT2D eigenvalue weighted by Crippen LogP contribution is -2.52. The third-order valence-electron chi connectivity index (χ3n) is 6.50. The summed E-state index contributed by atoms with van der Waals surface area (Å²) in [6.45, 7) is 0.288. The van der Waals surface area contributed by atoms with Crippen LogP contribution in [0.1, 0.15) is 45.7 Å². The molecular formula is C21H19F2N3O4. The van der Waals surface area contributed by atoms with Gasteiger partial charge in [-0.1, -0.05) is 6.07 Å². The summed E-state index contributed by atoms with van der Waals surface area (Å²) < 4.78 is 27.9. The van der Waals surface area contributed by atoms with E-state index in [0.29, 0.717) is 18.0 Å². The normalized spacial score (nSPS) is 24.0. The number of nitrogens with one attached hydrogen (secondary N) is 1. The summed E-state index contributed by atoms with van der Waals surface area (Å²) in [6.07, 6.45) is 4.21. The Morgan fingerprint density at radius 1 is 1.20 bits per heavy atom. The van der Waals surface area contributed by atoms with Crippen LogP contribution < -0.4 is 10.7 Å². The van der Waals surface area contributed by atoms with Gasteiger partial charge in [0.15, 0.2) is 23.1 Å². The van der Waals surface area contributed by atoms with E-state index < -0.39 is 28.7 Å². The van der Waals surface area contributed by atoms with Crippen LogP contribution >= 0.6 is 0 Å². The summed E-state index contributed by atoms with van der Waals surface area (Å²) in [6, 6.07) is 3.37. The molecule has 3 aliphatic rings. The standard InChI is InChI=1S/C21H19F2N3O4/c22-14-4-1-10(5-15(14)23)7-24-20(29)13-8-25-9-16-11-2-3-12(6-11)26(16)21(30)17(25)19(28)18(13)27/h1,4-5,8,11-12,16,28H,2-3,6-7,9H2,(H,24,29)/t11-,12+,16-/m0/s1. The zero-order valence-electron chi connectivity index (χ0n) is 15.9. The first-order valence-corrected chi connectivity index (χ1v) is 9.86. The monoisotopic (exact) mass is 415 g/mol. The Hall–Kier alpha value is -3.23. The zero-order chi connectivity index (χ0) is 21.2. The van der Waals surface area contributed by atoms with Crippen LogP contribution in [0.15, 0.2) is 29.2 Å². The molecule has 1 aromatic carbocycles. The lowest BCUT2D eigenvalue weighted by Gasteiger charge is -2.40. The first-order chi connectivity index (χ1) is 14.3. The highest BCUT2D eigenvalue weighted by Crippen LogP contribution is 2.45. The van der Waals surface area contributed by atoms with Crippen LogP contribution in [0.25, 0.3) is 0 Å². The number of carbonyl (C=O) groups is 2. The molecule has 1 saturated heterocycles. The third kappa shape index (κ3) is 2.72. The van der Waals surface area contributed by atoms with Gasteiger partial charge in [-0.3, -0.25) is 14.4 Å². The number of nitrogens with zero attached hydrogens (tertiary/aromatic N) is 2. The van der Waals surface area contributed by atoms with Crippen molar-refractivity contribution in [2.45, 2.75) is 44.4 Å². The van der Waals surface area contributed by atoms with Crippen LogP contribution in [0.5, 0.6) is 5.75 Å². The van der Waals surface area contributed by atoms with Crippen LogP contribution in [0.4, 0.5) is 8.78 Å². The molecule has 2 fully saturated rings. The van der Waals surface area contributed by atoms with Crippen LogP contribution in [0.3, 0.4) is 0 Å². The molecule has 1 aromatic heterocycles. The molecule has 30 heavy (non-hydrogen) atoms. The highest BCUT2D eigenvalue weighted by Gasteiger charge is 2.51. The van der Waals surface area contributed by atoms with E-state index in [4.69, 9.17) is 0 Å². The van der Waals surface area contributed by atoms with Crippen molar-refractivity contribution in [3.8, 4) is 5.75 Å². The van der Waals surface area contributed by atoms with Crippen molar-refractivity contribution in [1.82, 2.24) is 14.8 Å². The molecule has 0 unspecified atom stereocenters. The van der Waals surface area contributed by atoms with Crippen molar-refractivity contribution >= 4 is 11.8 Å². The summed E-state index contributed by atoms with van der Waals surface area (Å²) in [4.78, 5) is 39.9. The van der Waals surface area contributed by atoms with Gasteiger partial charge in [0, 0.05) is 25.3 Å². The summed E-state index contributed by atoms with van der Waals surface area (Å²) >= 11 is 0. The number of carbonyl (C=O) groups excluding carboxylic acids is 2. The molecule has 5 rings (SSSR count). The molecule has 2 bridgehead atoms. The number of pyridine rings is 1. The van der Waals surface area contributed by atoms with Crippen molar-refractivity contribution in [2.24, 2.45) is 5.92 Å². The number of amides is 2. The summed E-state index contributed by atoms with van der Waals surface area (Å²) in [5.74, 6) is -3.52. The minimum Gasteiger partial charge on any atom is -0.503 e. The van der Waals surface area contributed by atoms with Gasteiger partial charge < -0.3 is 19.9 Å². The van der Waals surface area contributed by atoms with E-state index in [2.05, 4.69) is 5.32 Å². The molecule has 9 heteroatoms. The van der Waals surface area contributed by atoms with Gasteiger partial charge in [0.05, 0.1) is 6.04 Å². The Morgan fingerprint density at radius 3 is 2.77 bits per heavy atom. The maximum atomic E-state index is 13.3. The van der Waals surface area contributed by atoms with Crippen LogP contribution in [-0.2, 0) is 13.1 Å². The van der Waals surface area contributed by atoms with Gasteiger partial charge in [0.2, 0.25) is 5.43 Å². The molecule has 156 valence electrons. The van der Waals surface area contributed by atoms with Gasteiger partial charge in [-0.2, -0.15) is 0 Å². The van der Waals surface area contributed by atoms with E-state index in [0.717, 1.165) is 31.4 Å². The molecule has 1 saturated carbocycles. The van der Waals surface area contributed by atoms with Gasteiger partial charge in [-0.05, 0) is 42.9 Å². The number of aromatic nitrogens is 1. The second kappa shape index (κ2) is 6.65. The summed E-state index contributed by atoms with van der Waals surface area (Å²) in [7, 11) is 0.